The quantitative estimate of drug-likeness (QED) is 0.240. The molecule has 2 bridgehead atoms. The van der Waals surface area contributed by atoms with Gasteiger partial charge in [0.05, 0.1) is 38.0 Å². The normalized spacial score (nSPS) is 24.8. The van der Waals surface area contributed by atoms with Crippen molar-refractivity contribution < 1.29 is 41.5 Å². The van der Waals surface area contributed by atoms with Crippen molar-refractivity contribution in [3.63, 3.8) is 0 Å². The van der Waals surface area contributed by atoms with E-state index in [-0.39, 0.29) is 30.2 Å². The Bertz CT molecular complexity index is 823. The molecule has 3 heterocycles. The molecule has 4 rings (SSSR count). The van der Waals surface area contributed by atoms with Crippen molar-refractivity contribution >= 4 is 17.8 Å². The van der Waals surface area contributed by atoms with Gasteiger partial charge in [-0.15, -0.1) is 0 Å². The molecule has 1 aromatic rings. The summed E-state index contributed by atoms with van der Waals surface area (Å²) >= 11 is 0. The Morgan fingerprint density at radius 3 is 1.94 bits per heavy atom. The molecule has 4 N–H and O–H groups in total. The highest BCUT2D eigenvalue weighted by Crippen LogP contribution is 2.46. The molecule has 0 saturated carbocycles. The molecule has 0 spiro atoms. The first-order valence-corrected chi connectivity index (χ1v) is 12.9. The second-order valence-electron chi connectivity index (χ2n) is 10.8. The van der Waals surface area contributed by atoms with Gasteiger partial charge in [0.2, 0.25) is 5.91 Å². The molecule has 35 heavy (non-hydrogen) atoms. The third kappa shape index (κ3) is 8.21. The molecule has 0 aliphatic carbocycles. The first kappa shape index (κ1) is 29.1. The second-order valence-corrected chi connectivity index (χ2v) is 10.8. The van der Waals surface area contributed by atoms with Gasteiger partial charge in [0.1, 0.15) is 0 Å². The van der Waals surface area contributed by atoms with Crippen LogP contribution in [0.4, 0.5) is 0 Å². The number of carbonyl (C=O) groups is 3. The number of carboxylic acids is 2. The second kappa shape index (κ2) is 13.3. The maximum atomic E-state index is 11.8. The van der Waals surface area contributed by atoms with Gasteiger partial charge in [-0.05, 0) is 36.7 Å². The van der Waals surface area contributed by atoms with Crippen LogP contribution in [0.25, 0.3) is 0 Å². The first-order valence-electron chi connectivity index (χ1n) is 12.9. The molecule has 196 valence electrons. The maximum Gasteiger partial charge on any atom is 0.307 e. The van der Waals surface area contributed by atoms with Crippen LogP contribution in [0.15, 0.2) is 30.3 Å². The van der Waals surface area contributed by atoms with Gasteiger partial charge in [0.15, 0.2) is 0 Å². The minimum atomic E-state index is -1.03. The topological polar surface area (TPSA) is 118 Å². The molecule has 1 amide bonds. The van der Waals surface area contributed by atoms with Gasteiger partial charge in [-0.2, -0.15) is 0 Å². The Labute approximate surface area is 215 Å². The monoisotopic (exact) mass is 508 g/mol. The molecule has 3 aliphatic rings. The van der Waals surface area contributed by atoms with E-state index in [9.17, 15) is 24.6 Å². The van der Waals surface area contributed by atoms with Gasteiger partial charge >= 0.3 is 11.9 Å². The molecule has 3 saturated heterocycles. The Morgan fingerprint density at radius 2 is 1.40 bits per heavy atom. The molecule has 0 aromatic heterocycles. The minimum Gasteiger partial charge on any atom is -1.00 e. The average Bonchev–Trinajstić information content (AvgIpc) is 2.81. The van der Waals surface area contributed by atoms with Crippen LogP contribution in [0.3, 0.4) is 0 Å². The molecule has 0 unspecified atom stereocenters. The highest BCUT2D eigenvalue weighted by molar-refractivity contribution is 5.80. The predicted molar refractivity (Wildman–Crippen MR) is 130 cm³/mol. The number of quaternary nitrogens is 1. The van der Waals surface area contributed by atoms with E-state index in [1.807, 2.05) is 30.3 Å². The fourth-order valence-electron chi connectivity index (χ4n) is 6.21. The van der Waals surface area contributed by atoms with Crippen molar-refractivity contribution in [2.24, 2.45) is 23.0 Å². The lowest BCUT2D eigenvalue weighted by molar-refractivity contribution is -0.945. The van der Waals surface area contributed by atoms with E-state index in [1.165, 1.54) is 11.0 Å². The summed E-state index contributed by atoms with van der Waals surface area (Å²) in [7, 11) is 0. The number of benzene rings is 1. The number of halogens is 1. The van der Waals surface area contributed by atoms with Crippen LogP contribution in [0.2, 0.25) is 0 Å². The number of primary amides is 1. The smallest absolute Gasteiger partial charge is 0.307 e. The van der Waals surface area contributed by atoms with E-state index in [0.717, 1.165) is 76.6 Å². The van der Waals surface area contributed by atoms with Crippen LogP contribution in [-0.2, 0) is 20.8 Å². The Hall–Kier alpha value is -2.12. The Balaban J connectivity index is 0.00000432. The number of carboxylic acid groups (broad SMARTS) is 2. The van der Waals surface area contributed by atoms with E-state index < -0.39 is 23.8 Å². The predicted octanol–water partition coefficient (Wildman–Crippen LogP) is 0.851. The van der Waals surface area contributed by atoms with Crippen molar-refractivity contribution in [3.8, 4) is 0 Å². The molecule has 3 aliphatic heterocycles. The van der Waals surface area contributed by atoms with Crippen molar-refractivity contribution in [1.29, 1.82) is 0 Å². The first-order chi connectivity index (χ1) is 16.2. The van der Waals surface area contributed by atoms with E-state index in [1.54, 1.807) is 0 Å². The lowest BCUT2D eigenvalue weighted by Crippen LogP contribution is -3.00. The van der Waals surface area contributed by atoms with Crippen LogP contribution in [0.1, 0.15) is 69.8 Å². The van der Waals surface area contributed by atoms with Gasteiger partial charge in [0, 0.05) is 25.7 Å². The standard InChI is InChI=1S/C27H40N2O5.ClH/c28-24(30)20-27-12-16-29(17-13-27,18-14-27)15-8-3-1-2-7-11-22(25(31)32)23(26(33)34)19-21-9-5-4-6-10-21;/h4-6,9-10,22-23H,1-3,7-8,11-20H2,(H3-,28,30,31,32,33,34);1H/t22-,23+,27?,29?;/m1./s1. The third-order valence-corrected chi connectivity index (χ3v) is 8.46. The Morgan fingerprint density at radius 1 is 0.857 bits per heavy atom. The van der Waals surface area contributed by atoms with E-state index in [4.69, 9.17) is 5.73 Å². The minimum absolute atomic E-state index is 0. The molecule has 7 nitrogen and oxygen atoms in total. The number of carbonyl (C=O) groups excluding carboxylic acids is 1. The summed E-state index contributed by atoms with van der Waals surface area (Å²) in [5, 5.41) is 19.4. The highest BCUT2D eigenvalue weighted by atomic mass is 35.5. The summed E-state index contributed by atoms with van der Waals surface area (Å²) in [6.45, 7) is 4.66. The number of amides is 1. The van der Waals surface area contributed by atoms with Crippen LogP contribution >= 0.6 is 0 Å². The molecule has 8 heteroatoms. The lowest BCUT2D eigenvalue weighted by Gasteiger charge is -2.54. The molecular weight excluding hydrogens is 468 g/mol. The number of aliphatic carboxylic acids is 2. The van der Waals surface area contributed by atoms with Gasteiger partial charge in [0.25, 0.3) is 0 Å². The number of unbranched alkanes of at least 4 members (excludes halogenated alkanes) is 4. The number of fused-ring (bicyclic) bond motifs is 3. The van der Waals surface area contributed by atoms with Crippen LogP contribution < -0.4 is 18.1 Å². The zero-order valence-corrected chi connectivity index (χ0v) is 21.4. The summed E-state index contributed by atoms with van der Waals surface area (Å²) in [5.41, 5.74) is 6.49. The summed E-state index contributed by atoms with van der Waals surface area (Å²) in [6.07, 6.45) is 9.53. The molecule has 2 atom stereocenters. The van der Waals surface area contributed by atoms with Crippen molar-refractivity contribution in [1.82, 2.24) is 0 Å². The summed E-state index contributed by atoms with van der Waals surface area (Å²) in [5.74, 6) is -3.98. The number of piperidine rings is 3. The summed E-state index contributed by atoms with van der Waals surface area (Å²) in [6, 6.07) is 9.26. The number of rotatable bonds is 15. The highest BCUT2D eigenvalue weighted by Gasteiger charge is 2.49. The third-order valence-electron chi connectivity index (χ3n) is 8.46. The van der Waals surface area contributed by atoms with E-state index in [2.05, 4.69) is 0 Å². The molecular formula is C27H41ClN2O5. The number of hydrogen-bond acceptors (Lipinski definition) is 3. The zero-order valence-electron chi connectivity index (χ0n) is 20.7. The lowest BCUT2D eigenvalue weighted by atomic mass is 9.68. The fraction of sp³-hybridized carbons (Fsp3) is 0.667. The van der Waals surface area contributed by atoms with Crippen molar-refractivity contribution in [2.75, 3.05) is 26.2 Å². The summed E-state index contributed by atoms with van der Waals surface area (Å²) in [4.78, 5) is 35.1. The molecule has 3 fully saturated rings. The van der Waals surface area contributed by atoms with Gasteiger partial charge in [-0.25, -0.2) is 0 Å². The van der Waals surface area contributed by atoms with Crippen molar-refractivity contribution in [2.45, 2.75) is 70.6 Å². The van der Waals surface area contributed by atoms with E-state index in [0.29, 0.717) is 12.8 Å². The number of nitrogens with two attached hydrogens (primary N) is 1. The van der Waals surface area contributed by atoms with Gasteiger partial charge < -0.3 is 32.8 Å². The van der Waals surface area contributed by atoms with Gasteiger partial charge in [-0.3, -0.25) is 14.4 Å². The summed E-state index contributed by atoms with van der Waals surface area (Å²) < 4.78 is 1.18. The van der Waals surface area contributed by atoms with Crippen molar-refractivity contribution in [3.05, 3.63) is 35.9 Å². The van der Waals surface area contributed by atoms with Crippen LogP contribution in [0, 0.1) is 17.3 Å². The largest absolute Gasteiger partial charge is 1.00 e. The zero-order chi connectivity index (χ0) is 24.6. The van der Waals surface area contributed by atoms with Gasteiger partial charge in [-0.1, -0.05) is 49.6 Å². The fourth-order valence-corrected chi connectivity index (χ4v) is 6.21. The average molecular weight is 509 g/mol. The number of nitrogens with zero attached hydrogens (tertiary/aromatic N) is 1. The molecule has 1 aromatic carbocycles. The SMILES string of the molecule is NC(=O)CC12CC[N+](CCCCCCC[C@@H](C(=O)O)[C@H](Cc3ccccc3)C(=O)O)(CC1)CC2.[Cl-]. The van der Waals surface area contributed by atoms with Crippen LogP contribution in [-0.4, -0.2) is 58.7 Å². The Kier molecular flexibility index (Phi) is 11.0. The van der Waals surface area contributed by atoms with E-state index >= 15 is 0 Å². The maximum absolute atomic E-state index is 11.8. The number of hydrogen-bond donors (Lipinski definition) is 3. The molecule has 0 radical (unpaired) electrons. The van der Waals surface area contributed by atoms with Crippen LogP contribution in [0.5, 0.6) is 0 Å².